The van der Waals surface area contributed by atoms with Crippen LogP contribution in [0.3, 0.4) is 0 Å². The van der Waals surface area contributed by atoms with E-state index in [2.05, 4.69) is 16.6 Å². The molecule has 5 nitrogen and oxygen atoms in total. The van der Waals surface area contributed by atoms with Crippen molar-refractivity contribution in [3.05, 3.63) is 35.4 Å². The van der Waals surface area contributed by atoms with Crippen LogP contribution in [0, 0.1) is 12.3 Å². The molecular formula is C14H10N2O3S. The largest absolute Gasteiger partial charge is 0.481 e. The van der Waals surface area contributed by atoms with Crippen molar-refractivity contribution in [2.24, 2.45) is 0 Å². The highest BCUT2D eigenvalue weighted by Gasteiger charge is 2.25. The molecule has 2 amide bonds. The fourth-order valence-electron chi connectivity index (χ4n) is 1.56. The maximum Gasteiger partial charge on any atom is 0.263 e. The van der Waals surface area contributed by atoms with Gasteiger partial charge in [0.1, 0.15) is 17.9 Å². The highest BCUT2D eigenvalue weighted by molar-refractivity contribution is 7.80. The monoisotopic (exact) mass is 286 g/mol. The maximum atomic E-state index is 11.7. The summed E-state index contributed by atoms with van der Waals surface area (Å²) in [5.74, 6) is 1.93. The Morgan fingerprint density at radius 1 is 1.20 bits per heavy atom. The number of hydrogen-bond donors (Lipinski definition) is 2. The Morgan fingerprint density at radius 3 is 2.35 bits per heavy atom. The molecule has 1 aliphatic rings. The molecule has 2 N–H and O–H groups in total. The molecule has 1 aliphatic heterocycles. The Bertz CT molecular complexity index is 619. The minimum absolute atomic E-state index is 0.00380. The van der Waals surface area contributed by atoms with E-state index in [1.807, 2.05) is 0 Å². The minimum atomic E-state index is -0.522. The SMILES string of the molecule is C#CCOc1ccc(C=C2C(=O)NC(=S)NC2=O)cc1. The van der Waals surface area contributed by atoms with Crippen LogP contribution in [0.15, 0.2) is 29.8 Å². The Balaban J connectivity index is 2.18. The van der Waals surface area contributed by atoms with Crippen molar-refractivity contribution in [2.45, 2.75) is 0 Å². The summed E-state index contributed by atoms with van der Waals surface area (Å²) in [4.78, 5) is 23.3. The molecule has 6 heteroatoms. The van der Waals surface area contributed by atoms with Gasteiger partial charge in [-0.25, -0.2) is 0 Å². The molecule has 0 unspecified atom stereocenters. The molecule has 0 bridgehead atoms. The second kappa shape index (κ2) is 5.99. The van der Waals surface area contributed by atoms with E-state index in [0.29, 0.717) is 11.3 Å². The smallest absolute Gasteiger partial charge is 0.263 e. The van der Waals surface area contributed by atoms with E-state index < -0.39 is 11.8 Å². The first kappa shape index (κ1) is 13.8. The second-order valence-electron chi connectivity index (χ2n) is 3.86. The van der Waals surface area contributed by atoms with E-state index >= 15 is 0 Å². The third-order valence-corrected chi connectivity index (χ3v) is 2.66. The molecule has 0 spiro atoms. The first-order valence-corrected chi connectivity index (χ1v) is 6.05. The summed E-state index contributed by atoms with van der Waals surface area (Å²) in [6.45, 7) is 0.183. The number of terminal acetylenes is 1. The molecule has 1 aromatic rings. The van der Waals surface area contributed by atoms with E-state index in [0.717, 1.165) is 0 Å². The standard InChI is InChI=1S/C14H10N2O3S/c1-2-7-19-10-5-3-9(4-6-10)8-11-12(17)15-14(20)16-13(11)18/h1,3-6,8H,7H2,(H2,15,16,17,18,20). The van der Waals surface area contributed by atoms with E-state index in [4.69, 9.17) is 23.4 Å². The fourth-order valence-corrected chi connectivity index (χ4v) is 1.74. The summed E-state index contributed by atoms with van der Waals surface area (Å²) < 4.78 is 5.22. The Hall–Kier alpha value is -2.65. The van der Waals surface area contributed by atoms with Gasteiger partial charge >= 0.3 is 0 Å². The average Bonchev–Trinajstić information content (AvgIpc) is 2.42. The van der Waals surface area contributed by atoms with Gasteiger partial charge in [-0.2, -0.15) is 0 Å². The lowest BCUT2D eigenvalue weighted by molar-refractivity contribution is -0.123. The van der Waals surface area contributed by atoms with Crippen LogP contribution in [0.2, 0.25) is 0 Å². The van der Waals surface area contributed by atoms with Crippen LogP contribution in [-0.2, 0) is 9.59 Å². The first-order chi connectivity index (χ1) is 9.60. The van der Waals surface area contributed by atoms with Crippen molar-refractivity contribution in [3.8, 4) is 18.1 Å². The number of thiocarbonyl (C=S) groups is 1. The summed E-state index contributed by atoms with van der Waals surface area (Å²) in [7, 11) is 0. The third-order valence-electron chi connectivity index (χ3n) is 2.46. The molecule has 0 radical (unpaired) electrons. The van der Waals surface area contributed by atoms with Gasteiger partial charge in [-0.15, -0.1) is 6.42 Å². The predicted octanol–water partition coefficient (Wildman–Crippen LogP) is 0.613. The van der Waals surface area contributed by atoms with Crippen LogP contribution in [0.4, 0.5) is 0 Å². The number of benzene rings is 1. The van der Waals surface area contributed by atoms with Gasteiger partial charge in [0.15, 0.2) is 5.11 Å². The van der Waals surface area contributed by atoms with Crippen LogP contribution in [-0.4, -0.2) is 23.5 Å². The highest BCUT2D eigenvalue weighted by Crippen LogP contribution is 2.15. The lowest BCUT2D eigenvalue weighted by Crippen LogP contribution is -2.51. The third kappa shape index (κ3) is 3.22. The molecule has 2 rings (SSSR count). The van der Waals surface area contributed by atoms with E-state index in [1.165, 1.54) is 6.08 Å². The zero-order valence-corrected chi connectivity index (χ0v) is 11.1. The molecule has 1 fully saturated rings. The van der Waals surface area contributed by atoms with Crippen molar-refractivity contribution in [1.82, 2.24) is 10.6 Å². The highest BCUT2D eigenvalue weighted by atomic mass is 32.1. The van der Waals surface area contributed by atoms with Crippen molar-refractivity contribution >= 4 is 35.2 Å². The van der Waals surface area contributed by atoms with Crippen LogP contribution in [0.5, 0.6) is 5.75 Å². The van der Waals surface area contributed by atoms with Gasteiger partial charge in [-0.05, 0) is 36.0 Å². The molecular weight excluding hydrogens is 276 g/mol. The summed E-state index contributed by atoms with van der Waals surface area (Å²) in [5.41, 5.74) is 0.682. The zero-order valence-electron chi connectivity index (χ0n) is 10.3. The van der Waals surface area contributed by atoms with Gasteiger partial charge in [-0.3, -0.25) is 20.2 Å². The molecule has 1 heterocycles. The van der Waals surface area contributed by atoms with Gasteiger partial charge in [0.2, 0.25) is 0 Å². The lowest BCUT2D eigenvalue weighted by Gasteiger charge is -2.16. The van der Waals surface area contributed by atoms with E-state index in [1.54, 1.807) is 24.3 Å². The van der Waals surface area contributed by atoms with Gasteiger partial charge in [0, 0.05) is 0 Å². The molecule has 100 valence electrons. The predicted molar refractivity (Wildman–Crippen MR) is 77.6 cm³/mol. The van der Waals surface area contributed by atoms with Gasteiger partial charge < -0.3 is 4.74 Å². The van der Waals surface area contributed by atoms with Crippen LogP contribution in [0.1, 0.15) is 5.56 Å². The topological polar surface area (TPSA) is 67.4 Å². The molecule has 20 heavy (non-hydrogen) atoms. The summed E-state index contributed by atoms with van der Waals surface area (Å²) in [6, 6.07) is 6.83. The molecule has 1 aromatic carbocycles. The summed E-state index contributed by atoms with van der Waals surface area (Å²) >= 11 is 4.71. The second-order valence-corrected chi connectivity index (χ2v) is 4.27. The number of rotatable bonds is 3. The number of ether oxygens (including phenoxy) is 1. The zero-order chi connectivity index (χ0) is 14.5. The number of hydrogen-bond acceptors (Lipinski definition) is 4. The minimum Gasteiger partial charge on any atom is -0.481 e. The summed E-state index contributed by atoms with van der Waals surface area (Å²) in [5, 5.41) is 4.74. The number of carbonyl (C=O) groups excluding carboxylic acids is 2. The molecule has 0 aromatic heterocycles. The van der Waals surface area contributed by atoms with Crippen molar-refractivity contribution in [3.63, 3.8) is 0 Å². The van der Waals surface area contributed by atoms with Gasteiger partial charge in [-0.1, -0.05) is 18.1 Å². The van der Waals surface area contributed by atoms with Gasteiger partial charge in [0.25, 0.3) is 11.8 Å². The van der Waals surface area contributed by atoms with Crippen LogP contribution in [0.25, 0.3) is 6.08 Å². The number of carbonyl (C=O) groups is 2. The Labute approximate surface area is 121 Å². The number of nitrogens with one attached hydrogen (secondary N) is 2. The average molecular weight is 286 g/mol. The van der Waals surface area contributed by atoms with Crippen LogP contribution >= 0.6 is 12.2 Å². The molecule has 1 saturated heterocycles. The lowest BCUT2D eigenvalue weighted by atomic mass is 10.1. The molecule has 0 atom stereocenters. The van der Waals surface area contributed by atoms with Crippen LogP contribution < -0.4 is 15.4 Å². The first-order valence-electron chi connectivity index (χ1n) is 5.65. The van der Waals surface area contributed by atoms with Crippen molar-refractivity contribution in [1.29, 1.82) is 0 Å². The Kier molecular flexibility index (Phi) is 4.13. The van der Waals surface area contributed by atoms with E-state index in [9.17, 15) is 9.59 Å². The van der Waals surface area contributed by atoms with Crippen molar-refractivity contribution < 1.29 is 14.3 Å². The Morgan fingerprint density at radius 2 is 1.80 bits per heavy atom. The van der Waals surface area contributed by atoms with Crippen molar-refractivity contribution in [2.75, 3.05) is 6.61 Å². The molecule has 0 saturated carbocycles. The van der Waals surface area contributed by atoms with Gasteiger partial charge in [0.05, 0.1) is 0 Å². The molecule has 0 aliphatic carbocycles. The quantitative estimate of drug-likeness (QED) is 0.370. The summed E-state index contributed by atoms with van der Waals surface area (Å²) in [6.07, 6.45) is 6.56. The fraction of sp³-hybridized carbons (Fsp3) is 0.0714. The number of amides is 2. The maximum absolute atomic E-state index is 11.7. The normalized spacial score (nSPS) is 14.2. The van der Waals surface area contributed by atoms with E-state index in [-0.39, 0.29) is 17.3 Å².